The van der Waals surface area contributed by atoms with Crippen molar-refractivity contribution in [3.63, 3.8) is 0 Å². The van der Waals surface area contributed by atoms with E-state index in [0.29, 0.717) is 12.0 Å². The lowest BCUT2D eigenvalue weighted by Gasteiger charge is -2.39. The average molecular weight is 319 g/mol. The fourth-order valence-electron chi connectivity index (χ4n) is 3.99. The molecule has 3 heterocycles. The molecule has 122 valence electrons. The van der Waals surface area contributed by atoms with Gasteiger partial charge in [-0.15, -0.1) is 0 Å². The lowest BCUT2D eigenvalue weighted by Crippen LogP contribution is -2.49. The van der Waals surface area contributed by atoms with E-state index in [0.717, 1.165) is 48.8 Å². The maximum Gasteiger partial charge on any atom is 0.225 e. The van der Waals surface area contributed by atoms with E-state index in [4.69, 9.17) is 0 Å². The smallest absolute Gasteiger partial charge is 0.225 e. The van der Waals surface area contributed by atoms with Crippen LogP contribution in [0, 0.1) is 24.2 Å². The standard InChI is InChI=1S/C19H21N5/c1-14-11-21-19(22-12-14)23-8-6-15-7-9-24(18(15)13-23)17-5-3-2-4-16(17)10-20/h2-5,11-12,15,18H,6-9,13H2,1H3. The molecule has 2 unspecified atom stereocenters. The van der Waals surface area contributed by atoms with Gasteiger partial charge < -0.3 is 9.80 Å². The molecule has 2 aromatic rings. The first kappa shape index (κ1) is 14.9. The number of para-hydroxylation sites is 1. The van der Waals surface area contributed by atoms with E-state index in [1.807, 2.05) is 37.5 Å². The zero-order chi connectivity index (χ0) is 16.5. The number of nitriles is 1. The summed E-state index contributed by atoms with van der Waals surface area (Å²) >= 11 is 0. The summed E-state index contributed by atoms with van der Waals surface area (Å²) in [4.78, 5) is 13.7. The molecular weight excluding hydrogens is 298 g/mol. The SMILES string of the molecule is Cc1cnc(N2CCC3CCN(c4ccccc4C#N)C3C2)nc1. The number of rotatable bonds is 2. The van der Waals surface area contributed by atoms with Crippen LogP contribution in [0.15, 0.2) is 36.7 Å². The highest BCUT2D eigenvalue weighted by Crippen LogP contribution is 2.37. The van der Waals surface area contributed by atoms with Gasteiger partial charge in [-0.25, -0.2) is 9.97 Å². The Morgan fingerprint density at radius 2 is 1.88 bits per heavy atom. The van der Waals surface area contributed by atoms with Crippen LogP contribution in [-0.2, 0) is 0 Å². The largest absolute Gasteiger partial charge is 0.365 e. The van der Waals surface area contributed by atoms with Gasteiger partial charge in [0.15, 0.2) is 0 Å². The van der Waals surface area contributed by atoms with Crippen LogP contribution < -0.4 is 9.80 Å². The Bertz CT molecular complexity index is 764. The number of nitrogens with zero attached hydrogens (tertiary/aromatic N) is 5. The van der Waals surface area contributed by atoms with Crippen LogP contribution >= 0.6 is 0 Å². The van der Waals surface area contributed by atoms with Gasteiger partial charge in [-0.05, 0) is 43.4 Å². The second kappa shape index (κ2) is 6.12. The van der Waals surface area contributed by atoms with E-state index < -0.39 is 0 Å². The molecule has 5 nitrogen and oxygen atoms in total. The molecule has 5 heteroatoms. The topological polar surface area (TPSA) is 56.1 Å². The molecule has 0 saturated carbocycles. The Labute approximate surface area is 142 Å². The fraction of sp³-hybridized carbons (Fsp3) is 0.421. The first-order valence-corrected chi connectivity index (χ1v) is 8.55. The van der Waals surface area contributed by atoms with Gasteiger partial charge in [-0.3, -0.25) is 0 Å². The quantitative estimate of drug-likeness (QED) is 0.852. The van der Waals surface area contributed by atoms with Gasteiger partial charge in [0.05, 0.1) is 11.3 Å². The minimum atomic E-state index is 0.429. The number of benzene rings is 1. The third-order valence-electron chi connectivity index (χ3n) is 5.25. The van der Waals surface area contributed by atoms with E-state index in [1.165, 1.54) is 6.42 Å². The molecule has 4 rings (SSSR count). The van der Waals surface area contributed by atoms with Crippen LogP contribution in [-0.4, -0.2) is 35.6 Å². The van der Waals surface area contributed by atoms with Gasteiger partial charge in [0.2, 0.25) is 5.95 Å². The van der Waals surface area contributed by atoms with Crippen molar-refractivity contribution < 1.29 is 0 Å². The Morgan fingerprint density at radius 1 is 1.12 bits per heavy atom. The van der Waals surface area contributed by atoms with Crippen molar-refractivity contribution in [2.24, 2.45) is 5.92 Å². The Morgan fingerprint density at radius 3 is 2.67 bits per heavy atom. The molecule has 2 fully saturated rings. The molecule has 0 bridgehead atoms. The maximum absolute atomic E-state index is 9.42. The van der Waals surface area contributed by atoms with Crippen molar-refractivity contribution in [2.75, 3.05) is 29.4 Å². The number of piperidine rings is 1. The van der Waals surface area contributed by atoms with Crippen LogP contribution in [0.3, 0.4) is 0 Å². The number of hydrogen-bond donors (Lipinski definition) is 0. The molecule has 1 aromatic heterocycles. The number of aryl methyl sites for hydroxylation is 1. The molecule has 2 aliphatic heterocycles. The molecule has 2 atom stereocenters. The zero-order valence-corrected chi connectivity index (χ0v) is 13.9. The maximum atomic E-state index is 9.42. The molecule has 0 aliphatic carbocycles. The summed E-state index contributed by atoms with van der Waals surface area (Å²) in [5.74, 6) is 1.51. The highest BCUT2D eigenvalue weighted by Gasteiger charge is 2.39. The van der Waals surface area contributed by atoms with Crippen LogP contribution in [0.4, 0.5) is 11.6 Å². The van der Waals surface area contributed by atoms with Crippen molar-refractivity contribution in [3.8, 4) is 6.07 Å². The molecule has 0 amide bonds. The molecule has 0 spiro atoms. The molecule has 2 aliphatic rings. The summed E-state index contributed by atoms with van der Waals surface area (Å²) in [6.07, 6.45) is 6.12. The average Bonchev–Trinajstić information content (AvgIpc) is 3.05. The predicted octanol–water partition coefficient (Wildman–Crippen LogP) is 2.76. The monoisotopic (exact) mass is 319 g/mol. The zero-order valence-electron chi connectivity index (χ0n) is 13.9. The third-order valence-corrected chi connectivity index (χ3v) is 5.25. The van der Waals surface area contributed by atoms with Crippen molar-refractivity contribution in [3.05, 3.63) is 47.8 Å². The minimum Gasteiger partial charge on any atom is -0.365 e. The number of aromatic nitrogens is 2. The lowest BCUT2D eigenvalue weighted by atomic mass is 9.92. The van der Waals surface area contributed by atoms with Crippen LogP contribution in [0.25, 0.3) is 0 Å². The van der Waals surface area contributed by atoms with Crippen molar-refractivity contribution in [2.45, 2.75) is 25.8 Å². The lowest BCUT2D eigenvalue weighted by molar-refractivity contribution is 0.387. The van der Waals surface area contributed by atoms with Gasteiger partial charge >= 0.3 is 0 Å². The summed E-state index contributed by atoms with van der Waals surface area (Å²) in [6, 6.07) is 10.7. The predicted molar refractivity (Wildman–Crippen MR) is 94.0 cm³/mol. The highest BCUT2D eigenvalue weighted by molar-refractivity contribution is 5.61. The summed E-state index contributed by atoms with van der Waals surface area (Å²) in [6.45, 7) is 4.97. The molecule has 2 saturated heterocycles. The van der Waals surface area contributed by atoms with Crippen LogP contribution in [0.5, 0.6) is 0 Å². The van der Waals surface area contributed by atoms with Gasteiger partial charge in [-0.2, -0.15) is 5.26 Å². The summed E-state index contributed by atoms with van der Waals surface area (Å²) in [5.41, 5.74) is 2.92. The fourth-order valence-corrected chi connectivity index (χ4v) is 3.99. The molecule has 1 aromatic carbocycles. The summed E-state index contributed by atoms with van der Waals surface area (Å²) < 4.78 is 0. The first-order chi connectivity index (χ1) is 11.8. The number of anilines is 2. The normalized spacial score (nSPS) is 23.0. The van der Waals surface area contributed by atoms with Gasteiger partial charge in [-0.1, -0.05) is 12.1 Å². The summed E-state index contributed by atoms with van der Waals surface area (Å²) in [7, 11) is 0. The van der Waals surface area contributed by atoms with E-state index in [9.17, 15) is 5.26 Å². The molecule has 0 radical (unpaired) electrons. The molecule has 0 N–H and O–H groups in total. The van der Waals surface area contributed by atoms with E-state index in [1.54, 1.807) is 0 Å². The summed E-state index contributed by atoms with van der Waals surface area (Å²) in [5, 5.41) is 9.42. The van der Waals surface area contributed by atoms with Crippen molar-refractivity contribution in [1.29, 1.82) is 5.26 Å². The second-order valence-corrected chi connectivity index (χ2v) is 6.73. The minimum absolute atomic E-state index is 0.429. The van der Waals surface area contributed by atoms with E-state index >= 15 is 0 Å². The van der Waals surface area contributed by atoms with Gasteiger partial charge in [0.25, 0.3) is 0 Å². The van der Waals surface area contributed by atoms with Crippen LogP contribution in [0.2, 0.25) is 0 Å². The second-order valence-electron chi connectivity index (χ2n) is 6.73. The molecular formula is C19H21N5. The number of hydrogen-bond acceptors (Lipinski definition) is 5. The van der Waals surface area contributed by atoms with E-state index in [-0.39, 0.29) is 0 Å². The Balaban J connectivity index is 1.59. The third kappa shape index (κ3) is 2.58. The van der Waals surface area contributed by atoms with E-state index in [2.05, 4.69) is 31.9 Å². The van der Waals surface area contributed by atoms with Crippen LogP contribution in [0.1, 0.15) is 24.0 Å². The van der Waals surface area contributed by atoms with Crippen molar-refractivity contribution in [1.82, 2.24) is 9.97 Å². The van der Waals surface area contributed by atoms with Gasteiger partial charge in [0.1, 0.15) is 6.07 Å². The molecule has 24 heavy (non-hydrogen) atoms. The first-order valence-electron chi connectivity index (χ1n) is 8.55. The Kier molecular flexibility index (Phi) is 3.81. The van der Waals surface area contributed by atoms with Gasteiger partial charge in [0, 0.05) is 38.1 Å². The number of fused-ring (bicyclic) bond motifs is 1. The Hall–Kier alpha value is -2.61. The van der Waals surface area contributed by atoms with Crippen molar-refractivity contribution >= 4 is 11.6 Å². The highest BCUT2D eigenvalue weighted by atomic mass is 15.3.